The van der Waals surface area contributed by atoms with E-state index >= 15 is 0 Å². The lowest BCUT2D eigenvalue weighted by Crippen LogP contribution is -2.37. The Labute approximate surface area is 110 Å². The van der Waals surface area contributed by atoms with E-state index in [9.17, 15) is 14.4 Å². The molecule has 0 aliphatic heterocycles. The van der Waals surface area contributed by atoms with Gasteiger partial charge in [-0.2, -0.15) is 0 Å². The number of benzene rings is 1. The number of carbonyl (C=O) groups is 3. The number of amides is 1. The molecule has 1 aromatic carbocycles. The number of hydrogen-bond donors (Lipinski definition) is 1. The van der Waals surface area contributed by atoms with Gasteiger partial charge in [-0.05, 0) is 31.9 Å². The van der Waals surface area contributed by atoms with Crippen LogP contribution in [0.25, 0.3) is 0 Å². The van der Waals surface area contributed by atoms with Crippen molar-refractivity contribution in [2.24, 2.45) is 0 Å². The maximum atomic E-state index is 12.2. The van der Waals surface area contributed by atoms with Gasteiger partial charge in [-0.15, -0.1) is 0 Å². The third-order valence-corrected chi connectivity index (χ3v) is 3.09. The van der Waals surface area contributed by atoms with Gasteiger partial charge in [0.2, 0.25) is 0 Å². The molecule has 0 radical (unpaired) electrons. The second kappa shape index (κ2) is 5.22. The van der Waals surface area contributed by atoms with Gasteiger partial charge >= 0.3 is 5.97 Å². The van der Waals surface area contributed by atoms with Gasteiger partial charge in [0, 0.05) is 17.2 Å². The Morgan fingerprint density at radius 1 is 1.16 bits per heavy atom. The molecule has 1 aromatic rings. The molecule has 0 spiro atoms. The molecule has 19 heavy (non-hydrogen) atoms. The van der Waals surface area contributed by atoms with E-state index in [4.69, 9.17) is 5.11 Å². The first-order chi connectivity index (χ1) is 8.99. The predicted octanol–water partition coefficient (Wildman–Crippen LogP) is 1.58. The van der Waals surface area contributed by atoms with Crippen LogP contribution in [0.4, 0.5) is 0 Å². The van der Waals surface area contributed by atoms with Crippen LogP contribution in [0.15, 0.2) is 24.3 Å². The first-order valence-electron chi connectivity index (χ1n) is 6.13. The van der Waals surface area contributed by atoms with Crippen LogP contribution in [0.2, 0.25) is 0 Å². The number of nitrogens with zero attached hydrogens (tertiary/aromatic N) is 1. The van der Waals surface area contributed by atoms with Crippen molar-refractivity contribution in [2.45, 2.75) is 25.8 Å². The van der Waals surface area contributed by atoms with Crippen molar-refractivity contribution >= 4 is 17.7 Å². The average molecular weight is 261 g/mol. The minimum atomic E-state index is -1.01. The number of rotatable bonds is 5. The SMILES string of the molecule is CC(=O)c1ccc(C(=O)N(CC(=O)O)C2CC2)cc1. The summed E-state index contributed by atoms with van der Waals surface area (Å²) in [4.78, 5) is 35.5. The third-order valence-electron chi connectivity index (χ3n) is 3.09. The quantitative estimate of drug-likeness (QED) is 0.816. The van der Waals surface area contributed by atoms with Crippen LogP contribution < -0.4 is 0 Å². The highest BCUT2D eigenvalue weighted by molar-refractivity contribution is 5.98. The Hall–Kier alpha value is -2.17. The number of ketones is 1. The summed E-state index contributed by atoms with van der Waals surface area (Å²) in [6.07, 6.45) is 1.70. The molecule has 100 valence electrons. The van der Waals surface area contributed by atoms with E-state index in [0.29, 0.717) is 11.1 Å². The van der Waals surface area contributed by atoms with Gasteiger partial charge in [0.05, 0.1) is 0 Å². The van der Waals surface area contributed by atoms with Crippen LogP contribution in [0.1, 0.15) is 40.5 Å². The molecule has 0 unspecified atom stereocenters. The van der Waals surface area contributed by atoms with Crippen LogP contribution in [0.3, 0.4) is 0 Å². The van der Waals surface area contributed by atoms with Crippen LogP contribution in [-0.4, -0.2) is 40.3 Å². The molecule has 0 aromatic heterocycles. The fourth-order valence-corrected chi connectivity index (χ4v) is 1.91. The molecule has 2 rings (SSSR count). The molecule has 5 heteroatoms. The molecule has 0 saturated heterocycles. The number of carbonyl (C=O) groups excluding carboxylic acids is 2. The van der Waals surface area contributed by atoms with Crippen molar-refractivity contribution in [1.82, 2.24) is 4.90 Å². The number of carboxylic acids is 1. The van der Waals surface area contributed by atoms with E-state index in [0.717, 1.165) is 12.8 Å². The topological polar surface area (TPSA) is 74.7 Å². The second-order valence-electron chi connectivity index (χ2n) is 4.69. The normalized spacial score (nSPS) is 13.9. The molecular weight excluding hydrogens is 246 g/mol. The summed E-state index contributed by atoms with van der Waals surface area (Å²) in [6.45, 7) is 1.18. The number of carboxylic acid groups (broad SMARTS) is 1. The molecule has 0 bridgehead atoms. The van der Waals surface area contributed by atoms with E-state index in [1.54, 1.807) is 24.3 Å². The third kappa shape index (κ3) is 3.19. The van der Waals surface area contributed by atoms with E-state index in [1.165, 1.54) is 11.8 Å². The van der Waals surface area contributed by atoms with Crippen LogP contribution in [0, 0.1) is 0 Å². The Bertz CT molecular complexity index is 517. The molecule has 1 aliphatic carbocycles. The molecule has 0 atom stereocenters. The Balaban J connectivity index is 2.16. The lowest BCUT2D eigenvalue weighted by Gasteiger charge is -2.20. The highest BCUT2D eigenvalue weighted by Crippen LogP contribution is 2.28. The van der Waals surface area contributed by atoms with Gasteiger partial charge in [-0.3, -0.25) is 14.4 Å². The number of Topliss-reactive ketones (excluding diaryl/α,β-unsaturated/α-hetero) is 1. The van der Waals surface area contributed by atoms with Crippen molar-refractivity contribution in [2.75, 3.05) is 6.54 Å². The van der Waals surface area contributed by atoms with E-state index in [-0.39, 0.29) is 24.3 Å². The van der Waals surface area contributed by atoms with Crippen molar-refractivity contribution in [1.29, 1.82) is 0 Å². The van der Waals surface area contributed by atoms with Crippen molar-refractivity contribution in [3.63, 3.8) is 0 Å². The van der Waals surface area contributed by atoms with Crippen molar-refractivity contribution in [3.05, 3.63) is 35.4 Å². The zero-order valence-corrected chi connectivity index (χ0v) is 10.6. The van der Waals surface area contributed by atoms with E-state index in [2.05, 4.69) is 0 Å². The molecule has 1 amide bonds. The van der Waals surface area contributed by atoms with Gasteiger partial charge in [-0.25, -0.2) is 0 Å². The largest absolute Gasteiger partial charge is 0.480 e. The number of aliphatic carboxylic acids is 1. The minimum Gasteiger partial charge on any atom is -0.480 e. The zero-order valence-electron chi connectivity index (χ0n) is 10.6. The number of hydrogen-bond acceptors (Lipinski definition) is 3. The van der Waals surface area contributed by atoms with Gasteiger partial charge in [0.15, 0.2) is 5.78 Å². The monoisotopic (exact) mass is 261 g/mol. The van der Waals surface area contributed by atoms with Gasteiger partial charge < -0.3 is 10.0 Å². The second-order valence-corrected chi connectivity index (χ2v) is 4.69. The maximum absolute atomic E-state index is 12.2. The molecule has 1 aliphatic rings. The van der Waals surface area contributed by atoms with Crippen LogP contribution in [0.5, 0.6) is 0 Å². The molecular formula is C14H15NO4. The Morgan fingerprint density at radius 3 is 2.11 bits per heavy atom. The molecule has 0 heterocycles. The summed E-state index contributed by atoms with van der Waals surface area (Å²) in [5.41, 5.74) is 0.950. The van der Waals surface area contributed by atoms with Crippen molar-refractivity contribution in [3.8, 4) is 0 Å². The first-order valence-corrected chi connectivity index (χ1v) is 6.13. The van der Waals surface area contributed by atoms with Crippen molar-refractivity contribution < 1.29 is 19.5 Å². The standard InChI is InChI=1S/C14H15NO4/c1-9(16)10-2-4-11(5-3-10)14(19)15(8-13(17)18)12-6-7-12/h2-5,12H,6-8H2,1H3,(H,17,18). The fraction of sp³-hybridized carbons (Fsp3) is 0.357. The lowest BCUT2D eigenvalue weighted by molar-refractivity contribution is -0.137. The zero-order chi connectivity index (χ0) is 14.0. The van der Waals surface area contributed by atoms with E-state index < -0.39 is 5.97 Å². The summed E-state index contributed by atoms with van der Waals surface area (Å²) in [6, 6.07) is 6.34. The summed E-state index contributed by atoms with van der Waals surface area (Å²) in [5, 5.41) is 8.83. The summed E-state index contributed by atoms with van der Waals surface area (Å²) in [5.74, 6) is -1.37. The van der Waals surface area contributed by atoms with Gasteiger partial charge in [-0.1, -0.05) is 12.1 Å². The molecule has 1 fully saturated rings. The molecule has 5 nitrogen and oxygen atoms in total. The van der Waals surface area contributed by atoms with E-state index in [1.807, 2.05) is 0 Å². The summed E-state index contributed by atoms with van der Waals surface area (Å²) >= 11 is 0. The average Bonchev–Trinajstić information content (AvgIpc) is 3.19. The summed E-state index contributed by atoms with van der Waals surface area (Å²) in [7, 11) is 0. The predicted molar refractivity (Wildman–Crippen MR) is 68.1 cm³/mol. The molecule has 1 saturated carbocycles. The fourth-order valence-electron chi connectivity index (χ4n) is 1.91. The Morgan fingerprint density at radius 2 is 1.68 bits per heavy atom. The Kier molecular flexibility index (Phi) is 3.64. The highest BCUT2D eigenvalue weighted by atomic mass is 16.4. The summed E-state index contributed by atoms with van der Waals surface area (Å²) < 4.78 is 0. The molecule has 1 N–H and O–H groups in total. The first kappa shape index (κ1) is 13.3. The minimum absolute atomic E-state index is 0.0380. The van der Waals surface area contributed by atoms with Gasteiger partial charge in [0.25, 0.3) is 5.91 Å². The lowest BCUT2D eigenvalue weighted by atomic mass is 10.1. The van der Waals surface area contributed by atoms with Crippen LogP contribution >= 0.6 is 0 Å². The van der Waals surface area contributed by atoms with Crippen LogP contribution in [-0.2, 0) is 4.79 Å². The smallest absolute Gasteiger partial charge is 0.323 e. The maximum Gasteiger partial charge on any atom is 0.323 e. The van der Waals surface area contributed by atoms with Gasteiger partial charge in [0.1, 0.15) is 6.54 Å². The highest BCUT2D eigenvalue weighted by Gasteiger charge is 2.34.